The van der Waals surface area contributed by atoms with Gasteiger partial charge < -0.3 is 20.1 Å². The number of carboxylic acids is 1. The van der Waals surface area contributed by atoms with Gasteiger partial charge in [-0.3, -0.25) is 9.59 Å². The lowest BCUT2D eigenvalue weighted by Gasteiger charge is -2.33. The molecule has 1 atom stereocenters. The molecule has 0 aliphatic carbocycles. The first kappa shape index (κ1) is 17.8. The van der Waals surface area contributed by atoms with E-state index in [0.717, 1.165) is 18.4 Å². The van der Waals surface area contributed by atoms with Gasteiger partial charge in [0.15, 0.2) is 6.61 Å². The number of benzene rings is 1. The summed E-state index contributed by atoms with van der Waals surface area (Å²) in [7, 11) is 1.53. The van der Waals surface area contributed by atoms with Gasteiger partial charge in [0.1, 0.15) is 11.8 Å². The van der Waals surface area contributed by atoms with Crippen LogP contribution < -0.4 is 10.1 Å². The first-order valence-corrected chi connectivity index (χ1v) is 7.96. The van der Waals surface area contributed by atoms with Gasteiger partial charge in [0, 0.05) is 13.6 Å². The second-order valence-electron chi connectivity index (χ2n) is 5.72. The molecule has 1 aromatic carbocycles. The molecule has 0 saturated carbocycles. The number of likely N-dealkylation sites (tertiary alicyclic amines) is 1. The van der Waals surface area contributed by atoms with Crippen LogP contribution in [-0.4, -0.2) is 54.0 Å². The summed E-state index contributed by atoms with van der Waals surface area (Å²) in [6.45, 7) is 0.379. The highest BCUT2D eigenvalue weighted by Crippen LogP contribution is 2.20. The fourth-order valence-corrected chi connectivity index (χ4v) is 2.73. The van der Waals surface area contributed by atoms with Crippen LogP contribution in [0, 0.1) is 0 Å². The molecule has 1 unspecified atom stereocenters. The van der Waals surface area contributed by atoms with E-state index >= 15 is 0 Å². The van der Waals surface area contributed by atoms with Crippen LogP contribution in [-0.2, 0) is 20.8 Å². The lowest BCUT2D eigenvalue weighted by atomic mass is 10.0. The van der Waals surface area contributed by atoms with Crippen LogP contribution in [0.2, 0.25) is 0 Å². The third-order valence-electron chi connectivity index (χ3n) is 4.01. The molecule has 1 aliphatic rings. The monoisotopic (exact) mass is 334 g/mol. The fraction of sp³-hybridized carbons (Fsp3) is 0.471. The van der Waals surface area contributed by atoms with Gasteiger partial charge in [-0.05, 0) is 37.0 Å². The van der Waals surface area contributed by atoms with Crippen LogP contribution >= 0.6 is 0 Å². The maximum Gasteiger partial charge on any atom is 0.326 e. The predicted octanol–water partition coefficient (Wildman–Crippen LogP) is 0.820. The van der Waals surface area contributed by atoms with Crippen LogP contribution in [0.4, 0.5) is 0 Å². The number of piperidine rings is 1. The third-order valence-corrected chi connectivity index (χ3v) is 4.01. The Morgan fingerprint density at radius 2 is 2.12 bits per heavy atom. The number of hydrogen-bond donors (Lipinski definition) is 2. The molecule has 1 fully saturated rings. The molecule has 7 nitrogen and oxygen atoms in total. The van der Waals surface area contributed by atoms with Crippen molar-refractivity contribution in [3.05, 3.63) is 29.8 Å². The lowest BCUT2D eigenvalue weighted by Crippen LogP contribution is -2.48. The molecule has 1 aromatic rings. The Morgan fingerprint density at radius 1 is 1.33 bits per heavy atom. The molecule has 1 aliphatic heterocycles. The minimum atomic E-state index is -0.953. The summed E-state index contributed by atoms with van der Waals surface area (Å²) < 4.78 is 5.35. The SMILES string of the molecule is CNC(=O)COc1cccc(CC(=O)N2CCCCC2C(=O)O)c1. The van der Waals surface area contributed by atoms with Crippen LogP contribution in [0.3, 0.4) is 0 Å². The van der Waals surface area contributed by atoms with Crippen molar-refractivity contribution in [2.45, 2.75) is 31.7 Å². The Labute approximate surface area is 140 Å². The zero-order valence-corrected chi connectivity index (χ0v) is 13.7. The van der Waals surface area contributed by atoms with Gasteiger partial charge in [0.2, 0.25) is 5.91 Å². The fourth-order valence-electron chi connectivity index (χ4n) is 2.73. The molecule has 0 bridgehead atoms. The van der Waals surface area contributed by atoms with Gasteiger partial charge >= 0.3 is 5.97 Å². The minimum Gasteiger partial charge on any atom is -0.484 e. The summed E-state index contributed by atoms with van der Waals surface area (Å²) in [5.41, 5.74) is 0.726. The summed E-state index contributed by atoms with van der Waals surface area (Å²) in [4.78, 5) is 36.4. The van der Waals surface area contributed by atoms with E-state index in [1.54, 1.807) is 24.3 Å². The van der Waals surface area contributed by atoms with E-state index in [0.29, 0.717) is 18.7 Å². The van der Waals surface area contributed by atoms with Crippen LogP contribution in [0.5, 0.6) is 5.75 Å². The number of nitrogens with zero attached hydrogens (tertiary/aromatic N) is 1. The summed E-state index contributed by atoms with van der Waals surface area (Å²) in [5.74, 6) is -0.900. The molecule has 2 amide bonds. The quantitative estimate of drug-likeness (QED) is 0.803. The molecule has 0 aromatic heterocycles. The maximum absolute atomic E-state index is 12.5. The highest BCUT2D eigenvalue weighted by atomic mass is 16.5. The molecular formula is C17H22N2O5. The Morgan fingerprint density at radius 3 is 2.83 bits per heavy atom. The number of carbonyl (C=O) groups excluding carboxylic acids is 2. The summed E-state index contributed by atoms with van der Waals surface area (Å²) >= 11 is 0. The summed E-state index contributed by atoms with van der Waals surface area (Å²) in [6, 6.07) is 6.19. The van der Waals surface area contributed by atoms with Crippen LogP contribution in [0.1, 0.15) is 24.8 Å². The largest absolute Gasteiger partial charge is 0.484 e. The number of aliphatic carboxylic acids is 1. The highest BCUT2D eigenvalue weighted by molar-refractivity contribution is 5.85. The van der Waals surface area contributed by atoms with E-state index in [-0.39, 0.29) is 24.8 Å². The lowest BCUT2D eigenvalue weighted by molar-refractivity contribution is -0.151. The number of carbonyl (C=O) groups is 3. The van der Waals surface area contributed by atoms with Gasteiger partial charge in [0.25, 0.3) is 5.91 Å². The van der Waals surface area contributed by atoms with E-state index in [9.17, 15) is 19.5 Å². The topological polar surface area (TPSA) is 95.9 Å². The Hall–Kier alpha value is -2.57. The van der Waals surface area contributed by atoms with Crippen molar-refractivity contribution in [1.29, 1.82) is 0 Å². The first-order chi connectivity index (χ1) is 11.5. The van der Waals surface area contributed by atoms with E-state index < -0.39 is 12.0 Å². The van der Waals surface area contributed by atoms with Gasteiger partial charge in [-0.1, -0.05) is 12.1 Å². The predicted molar refractivity (Wildman–Crippen MR) is 86.7 cm³/mol. The molecule has 130 valence electrons. The van der Waals surface area contributed by atoms with Gasteiger partial charge in [-0.25, -0.2) is 4.79 Å². The first-order valence-electron chi connectivity index (χ1n) is 7.96. The van der Waals surface area contributed by atoms with Crippen molar-refractivity contribution < 1.29 is 24.2 Å². The summed E-state index contributed by atoms with van der Waals surface area (Å²) in [5, 5.41) is 11.7. The smallest absolute Gasteiger partial charge is 0.326 e. The number of hydrogen-bond acceptors (Lipinski definition) is 4. The summed E-state index contributed by atoms with van der Waals surface area (Å²) in [6.07, 6.45) is 2.26. The third kappa shape index (κ3) is 4.71. The van der Waals surface area contributed by atoms with E-state index in [2.05, 4.69) is 5.32 Å². The number of carboxylic acid groups (broad SMARTS) is 1. The minimum absolute atomic E-state index is 0.0961. The van der Waals surface area contributed by atoms with Crippen LogP contribution in [0.15, 0.2) is 24.3 Å². The number of amides is 2. The second-order valence-corrected chi connectivity index (χ2v) is 5.72. The zero-order chi connectivity index (χ0) is 17.5. The van der Waals surface area contributed by atoms with E-state index in [1.165, 1.54) is 11.9 Å². The van der Waals surface area contributed by atoms with Gasteiger partial charge in [0.05, 0.1) is 6.42 Å². The normalized spacial score (nSPS) is 17.2. The molecule has 0 radical (unpaired) electrons. The number of likely N-dealkylation sites (N-methyl/N-ethyl adjacent to an activating group) is 1. The van der Waals surface area contributed by atoms with Crippen molar-refractivity contribution in [2.24, 2.45) is 0 Å². The van der Waals surface area contributed by atoms with Gasteiger partial charge in [-0.2, -0.15) is 0 Å². The number of nitrogens with one attached hydrogen (secondary N) is 1. The molecule has 0 spiro atoms. The molecule has 7 heteroatoms. The molecular weight excluding hydrogens is 312 g/mol. The number of rotatable bonds is 6. The zero-order valence-electron chi connectivity index (χ0n) is 13.7. The Bertz CT molecular complexity index is 617. The van der Waals surface area contributed by atoms with Crippen molar-refractivity contribution in [3.8, 4) is 5.75 Å². The molecule has 2 rings (SSSR count). The van der Waals surface area contributed by atoms with Crippen molar-refractivity contribution in [3.63, 3.8) is 0 Å². The van der Waals surface area contributed by atoms with Crippen molar-refractivity contribution >= 4 is 17.8 Å². The number of ether oxygens (including phenoxy) is 1. The standard InChI is InChI=1S/C17H22N2O5/c1-18-15(20)11-24-13-6-4-5-12(9-13)10-16(21)19-8-3-2-7-14(19)17(22)23/h4-6,9,14H,2-3,7-8,10-11H2,1H3,(H,18,20)(H,22,23). The molecule has 24 heavy (non-hydrogen) atoms. The van der Waals surface area contributed by atoms with Crippen LogP contribution in [0.25, 0.3) is 0 Å². The van der Waals surface area contributed by atoms with Crippen molar-refractivity contribution in [2.75, 3.05) is 20.2 Å². The van der Waals surface area contributed by atoms with E-state index in [4.69, 9.17) is 4.74 Å². The van der Waals surface area contributed by atoms with Crippen molar-refractivity contribution in [1.82, 2.24) is 10.2 Å². The highest BCUT2D eigenvalue weighted by Gasteiger charge is 2.31. The molecule has 1 saturated heterocycles. The molecule has 1 heterocycles. The molecule has 2 N–H and O–H groups in total. The van der Waals surface area contributed by atoms with Gasteiger partial charge in [-0.15, -0.1) is 0 Å². The maximum atomic E-state index is 12.5. The second kappa shape index (κ2) is 8.33. The van der Waals surface area contributed by atoms with E-state index in [1.807, 2.05) is 0 Å². The average molecular weight is 334 g/mol. The Kier molecular flexibility index (Phi) is 6.17. The average Bonchev–Trinajstić information content (AvgIpc) is 2.59. The Balaban J connectivity index is 2.00.